The average molecular weight is 294 g/mol. The topological polar surface area (TPSA) is 79.2 Å². The predicted molar refractivity (Wildman–Crippen MR) is 76.2 cm³/mol. The fourth-order valence-electron chi connectivity index (χ4n) is 2.38. The van der Waals surface area contributed by atoms with Crippen molar-refractivity contribution in [2.24, 2.45) is 0 Å². The predicted octanol–water partition coefficient (Wildman–Crippen LogP) is 1.23. The van der Waals surface area contributed by atoms with Gasteiger partial charge in [-0.05, 0) is 30.5 Å². The maximum absolute atomic E-state index is 11.6. The molecule has 0 aromatic heterocycles. The zero-order chi connectivity index (χ0) is 14.6. The highest BCUT2D eigenvalue weighted by Crippen LogP contribution is 2.19. The Morgan fingerprint density at radius 3 is 2.95 bits per heavy atom. The van der Waals surface area contributed by atoms with E-state index in [0.717, 1.165) is 18.4 Å². The number of sulfone groups is 1. The number of ether oxygens (including phenoxy) is 1. The van der Waals surface area contributed by atoms with E-state index in [0.29, 0.717) is 23.6 Å². The maximum atomic E-state index is 11.6. The Bertz CT molecular complexity index is 620. The molecule has 5 nitrogen and oxygen atoms in total. The second-order valence-electron chi connectivity index (χ2n) is 4.98. The molecule has 1 aliphatic rings. The number of benzene rings is 1. The lowest BCUT2D eigenvalue weighted by atomic mass is 10.1. The van der Waals surface area contributed by atoms with Crippen molar-refractivity contribution in [3.05, 3.63) is 29.3 Å². The van der Waals surface area contributed by atoms with Gasteiger partial charge in [-0.1, -0.05) is 6.07 Å². The first-order chi connectivity index (χ1) is 9.54. The van der Waals surface area contributed by atoms with Gasteiger partial charge in [-0.25, -0.2) is 8.42 Å². The Kier molecular flexibility index (Phi) is 4.63. The Balaban J connectivity index is 1.99. The Morgan fingerprint density at radius 2 is 2.30 bits per heavy atom. The summed E-state index contributed by atoms with van der Waals surface area (Å²) in [7, 11) is -1.36. The van der Waals surface area contributed by atoms with Crippen molar-refractivity contribution in [2.45, 2.75) is 25.4 Å². The minimum absolute atomic E-state index is 0.00962. The molecule has 1 fully saturated rings. The van der Waals surface area contributed by atoms with E-state index in [4.69, 9.17) is 10.00 Å². The van der Waals surface area contributed by atoms with E-state index in [9.17, 15) is 8.42 Å². The first-order valence-electron chi connectivity index (χ1n) is 6.55. The van der Waals surface area contributed by atoms with E-state index in [2.05, 4.69) is 11.4 Å². The minimum atomic E-state index is -2.89. The molecule has 0 aliphatic carbocycles. The first-order valence-corrected chi connectivity index (χ1v) is 8.37. The second-order valence-corrected chi connectivity index (χ2v) is 7.21. The van der Waals surface area contributed by atoms with Crippen LogP contribution in [0, 0.1) is 11.3 Å². The summed E-state index contributed by atoms with van der Waals surface area (Å²) in [5.74, 6) is 1.05. The van der Waals surface area contributed by atoms with Crippen LogP contribution in [0.15, 0.2) is 18.2 Å². The number of rotatable bonds is 4. The van der Waals surface area contributed by atoms with E-state index in [1.165, 1.54) is 7.11 Å². The molecule has 1 saturated heterocycles. The van der Waals surface area contributed by atoms with E-state index in [1.54, 1.807) is 6.07 Å². The Labute approximate surface area is 119 Å². The summed E-state index contributed by atoms with van der Waals surface area (Å²) in [6.45, 7) is 0.572. The molecule has 108 valence electrons. The molecule has 1 heterocycles. The molecule has 6 heteroatoms. The molecule has 0 radical (unpaired) electrons. The van der Waals surface area contributed by atoms with E-state index in [-0.39, 0.29) is 11.8 Å². The van der Waals surface area contributed by atoms with Crippen LogP contribution in [-0.2, 0) is 16.4 Å². The fraction of sp³-hybridized carbons (Fsp3) is 0.500. The molecule has 1 aliphatic heterocycles. The lowest BCUT2D eigenvalue weighted by Gasteiger charge is -2.23. The van der Waals surface area contributed by atoms with Crippen molar-refractivity contribution < 1.29 is 13.2 Å². The van der Waals surface area contributed by atoms with Crippen LogP contribution >= 0.6 is 0 Å². The van der Waals surface area contributed by atoms with Gasteiger partial charge in [0.1, 0.15) is 11.8 Å². The molecule has 0 spiro atoms. The number of methoxy groups -OCH3 is 1. The summed E-state index contributed by atoms with van der Waals surface area (Å²) < 4.78 is 28.3. The van der Waals surface area contributed by atoms with Crippen molar-refractivity contribution in [3.8, 4) is 11.8 Å². The maximum Gasteiger partial charge on any atom is 0.151 e. The van der Waals surface area contributed by atoms with E-state index in [1.807, 2.05) is 12.1 Å². The quantitative estimate of drug-likeness (QED) is 0.903. The lowest BCUT2D eigenvalue weighted by molar-refractivity contribution is 0.412. The van der Waals surface area contributed by atoms with Crippen molar-refractivity contribution >= 4 is 9.84 Å². The van der Waals surface area contributed by atoms with Crippen LogP contribution in [0.25, 0.3) is 0 Å². The highest BCUT2D eigenvalue weighted by Gasteiger charge is 2.24. The summed E-state index contributed by atoms with van der Waals surface area (Å²) in [5.41, 5.74) is 1.47. The van der Waals surface area contributed by atoms with Crippen molar-refractivity contribution in [1.29, 1.82) is 5.26 Å². The highest BCUT2D eigenvalue weighted by atomic mass is 32.2. The van der Waals surface area contributed by atoms with E-state index >= 15 is 0 Å². The first kappa shape index (κ1) is 14.8. The molecule has 1 N–H and O–H groups in total. The molecule has 0 bridgehead atoms. The summed E-state index contributed by atoms with van der Waals surface area (Å²) in [6.07, 6.45) is 1.60. The molecular formula is C14H18N2O3S. The van der Waals surface area contributed by atoms with Crippen LogP contribution in [-0.4, -0.2) is 33.1 Å². The Morgan fingerprint density at radius 1 is 1.50 bits per heavy atom. The van der Waals surface area contributed by atoms with Crippen LogP contribution < -0.4 is 10.1 Å². The molecule has 1 atom stereocenters. The third kappa shape index (κ3) is 3.71. The summed E-state index contributed by atoms with van der Waals surface area (Å²) in [5, 5.41) is 12.2. The summed E-state index contributed by atoms with van der Waals surface area (Å²) in [4.78, 5) is 0. The number of nitrogens with zero attached hydrogens (tertiary/aromatic N) is 1. The smallest absolute Gasteiger partial charge is 0.151 e. The van der Waals surface area contributed by atoms with Gasteiger partial charge in [0.2, 0.25) is 0 Å². The van der Waals surface area contributed by atoms with E-state index < -0.39 is 9.84 Å². The number of hydrogen-bond acceptors (Lipinski definition) is 5. The van der Waals surface area contributed by atoms with Gasteiger partial charge in [-0.2, -0.15) is 5.26 Å². The SMILES string of the molecule is COc1cc(CNC2CCCS(=O)(=O)C2)ccc1C#N. The molecular weight excluding hydrogens is 276 g/mol. The van der Waals surface area contributed by atoms with Gasteiger partial charge in [-0.15, -0.1) is 0 Å². The largest absolute Gasteiger partial charge is 0.495 e. The molecule has 20 heavy (non-hydrogen) atoms. The fourth-order valence-corrected chi connectivity index (χ4v) is 4.05. The van der Waals surface area contributed by atoms with Gasteiger partial charge in [0, 0.05) is 12.6 Å². The van der Waals surface area contributed by atoms with Crippen LogP contribution in [0.5, 0.6) is 5.75 Å². The Hall–Kier alpha value is -1.58. The van der Waals surface area contributed by atoms with Crippen LogP contribution in [0.3, 0.4) is 0 Å². The zero-order valence-electron chi connectivity index (χ0n) is 11.4. The number of nitriles is 1. The van der Waals surface area contributed by atoms with Crippen LogP contribution in [0.1, 0.15) is 24.0 Å². The number of hydrogen-bond donors (Lipinski definition) is 1. The van der Waals surface area contributed by atoms with Gasteiger partial charge in [-0.3, -0.25) is 0 Å². The van der Waals surface area contributed by atoms with Gasteiger partial charge < -0.3 is 10.1 Å². The van der Waals surface area contributed by atoms with Gasteiger partial charge in [0.15, 0.2) is 9.84 Å². The van der Waals surface area contributed by atoms with Gasteiger partial charge in [0.25, 0.3) is 0 Å². The standard InChI is InChI=1S/C14H18N2O3S/c1-19-14-7-11(4-5-12(14)8-15)9-16-13-3-2-6-20(17,18)10-13/h4-5,7,13,16H,2-3,6,9-10H2,1H3. The normalized spacial score (nSPS) is 21.1. The van der Waals surface area contributed by atoms with Crippen LogP contribution in [0.2, 0.25) is 0 Å². The van der Waals surface area contributed by atoms with Crippen LogP contribution in [0.4, 0.5) is 0 Å². The second kappa shape index (κ2) is 6.25. The van der Waals surface area contributed by atoms with Gasteiger partial charge in [0.05, 0.1) is 24.2 Å². The number of nitrogens with one attached hydrogen (secondary N) is 1. The molecule has 1 aromatic carbocycles. The molecule has 2 rings (SSSR count). The molecule has 0 amide bonds. The monoisotopic (exact) mass is 294 g/mol. The van der Waals surface area contributed by atoms with Crippen molar-refractivity contribution in [1.82, 2.24) is 5.32 Å². The molecule has 1 unspecified atom stereocenters. The summed E-state index contributed by atoms with van der Waals surface area (Å²) in [6, 6.07) is 7.45. The summed E-state index contributed by atoms with van der Waals surface area (Å²) >= 11 is 0. The van der Waals surface area contributed by atoms with Crippen molar-refractivity contribution in [3.63, 3.8) is 0 Å². The molecule has 0 saturated carbocycles. The minimum Gasteiger partial charge on any atom is -0.495 e. The van der Waals surface area contributed by atoms with Crippen molar-refractivity contribution in [2.75, 3.05) is 18.6 Å². The average Bonchev–Trinajstić information content (AvgIpc) is 2.43. The van der Waals surface area contributed by atoms with Gasteiger partial charge >= 0.3 is 0 Å². The third-order valence-electron chi connectivity index (χ3n) is 3.44. The lowest BCUT2D eigenvalue weighted by Crippen LogP contribution is -2.39. The third-order valence-corrected chi connectivity index (χ3v) is 5.27. The zero-order valence-corrected chi connectivity index (χ0v) is 12.2. The highest BCUT2D eigenvalue weighted by molar-refractivity contribution is 7.91. The molecule has 1 aromatic rings.